The topological polar surface area (TPSA) is 26.3 Å². The van der Waals surface area contributed by atoms with Gasteiger partial charge in [-0.25, -0.2) is 0 Å². The van der Waals surface area contributed by atoms with Crippen LogP contribution in [0.25, 0.3) is 10.4 Å². The van der Waals surface area contributed by atoms with Gasteiger partial charge in [0, 0.05) is 4.88 Å². The Labute approximate surface area is 130 Å². The first-order valence-corrected chi connectivity index (χ1v) is 8.35. The highest BCUT2D eigenvalue weighted by atomic mass is 32.1. The van der Waals surface area contributed by atoms with Crippen LogP contribution in [0.4, 0.5) is 0 Å². The van der Waals surface area contributed by atoms with Crippen molar-refractivity contribution in [2.75, 3.05) is 0 Å². The highest BCUT2D eigenvalue weighted by Crippen LogP contribution is 2.26. The summed E-state index contributed by atoms with van der Waals surface area (Å²) in [5, 5.41) is 2.12. The van der Waals surface area contributed by atoms with Gasteiger partial charge >= 0.3 is 0 Å². The highest BCUT2D eigenvalue weighted by molar-refractivity contribution is 7.13. The van der Waals surface area contributed by atoms with Crippen LogP contribution in [-0.4, -0.2) is 12.4 Å². The molecule has 1 aliphatic rings. The van der Waals surface area contributed by atoms with Gasteiger partial charge < -0.3 is 9.53 Å². The number of benzene rings is 1. The first kappa shape index (κ1) is 15.9. The van der Waals surface area contributed by atoms with Crippen LogP contribution in [0, 0.1) is 0 Å². The Morgan fingerprint density at radius 1 is 1.19 bits per heavy atom. The zero-order valence-corrected chi connectivity index (χ0v) is 13.3. The van der Waals surface area contributed by atoms with E-state index in [1.807, 2.05) is 0 Å². The molecule has 1 heterocycles. The average molecular weight is 302 g/mol. The number of hydrogen-bond donors (Lipinski definition) is 0. The number of hydrogen-bond acceptors (Lipinski definition) is 3. The fourth-order valence-corrected chi connectivity index (χ4v) is 3.21. The summed E-state index contributed by atoms with van der Waals surface area (Å²) in [6, 6.07) is 13.0. The van der Waals surface area contributed by atoms with Crippen LogP contribution in [0.2, 0.25) is 0 Å². The minimum absolute atomic E-state index is 0.502. The van der Waals surface area contributed by atoms with Crippen LogP contribution in [0.1, 0.15) is 38.2 Å². The molecule has 0 atom stereocenters. The summed E-state index contributed by atoms with van der Waals surface area (Å²) in [7, 11) is 0. The normalized spacial score (nSPS) is 14.5. The summed E-state index contributed by atoms with van der Waals surface area (Å²) < 4.78 is 5.92. The Morgan fingerprint density at radius 3 is 2.43 bits per heavy atom. The van der Waals surface area contributed by atoms with E-state index in [-0.39, 0.29) is 0 Å². The molecule has 0 N–H and O–H groups in total. The molecule has 0 aliphatic heterocycles. The van der Waals surface area contributed by atoms with Crippen LogP contribution in [-0.2, 0) is 16.1 Å². The van der Waals surface area contributed by atoms with Crippen molar-refractivity contribution in [2.24, 2.45) is 0 Å². The zero-order valence-electron chi connectivity index (χ0n) is 12.5. The monoisotopic (exact) mass is 302 g/mol. The number of aldehydes is 1. The lowest BCUT2D eigenvalue weighted by Gasteiger charge is -2.11. The maximum atomic E-state index is 8.81. The lowest BCUT2D eigenvalue weighted by atomic mass is 10.1. The van der Waals surface area contributed by atoms with E-state index in [0.717, 1.165) is 12.9 Å². The van der Waals surface area contributed by atoms with Gasteiger partial charge in [0.1, 0.15) is 6.29 Å². The molecule has 0 radical (unpaired) electrons. The molecule has 1 aromatic carbocycles. The third kappa shape index (κ3) is 5.10. The number of thiophene rings is 1. The van der Waals surface area contributed by atoms with E-state index >= 15 is 0 Å². The van der Waals surface area contributed by atoms with E-state index in [1.165, 1.54) is 48.6 Å². The van der Waals surface area contributed by atoms with Crippen molar-refractivity contribution in [3.8, 4) is 10.4 Å². The second-order valence-electron chi connectivity index (χ2n) is 5.13. The molecule has 21 heavy (non-hydrogen) atoms. The summed E-state index contributed by atoms with van der Waals surface area (Å²) in [4.78, 5) is 10.1. The molecule has 112 valence electrons. The molecular formula is C18H22O2S. The Kier molecular flexibility index (Phi) is 6.64. The Bertz CT molecular complexity index is 511. The van der Waals surface area contributed by atoms with Gasteiger partial charge in [0.2, 0.25) is 0 Å². The first-order valence-electron chi connectivity index (χ1n) is 7.47. The molecule has 3 heteroatoms. The van der Waals surface area contributed by atoms with Crippen LogP contribution >= 0.6 is 11.3 Å². The van der Waals surface area contributed by atoms with Crippen molar-refractivity contribution in [3.05, 3.63) is 47.3 Å². The number of ether oxygens (including phenoxy) is 1. The molecule has 0 unspecified atom stereocenters. The van der Waals surface area contributed by atoms with Crippen LogP contribution < -0.4 is 0 Å². The minimum atomic E-state index is 0.502. The predicted molar refractivity (Wildman–Crippen MR) is 88.5 cm³/mol. The van der Waals surface area contributed by atoms with Gasteiger partial charge in [-0.2, -0.15) is 0 Å². The van der Waals surface area contributed by atoms with Crippen LogP contribution in [0.3, 0.4) is 0 Å². The van der Waals surface area contributed by atoms with E-state index in [0.29, 0.717) is 6.10 Å². The molecule has 1 saturated carbocycles. The number of carbonyl (C=O) groups excluding carboxylic acids is 1. The molecule has 1 fully saturated rings. The fraction of sp³-hybridized carbons (Fsp3) is 0.389. The van der Waals surface area contributed by atoms with Gasteiger partial charge in [-0.05, 0) is 42.3 Å². The maximum Gasteiger partial charge on any atom is 0.116 e. The largest absolute Gasteiger partial charge is 0.374 e. The van der Waals surface area contributed by atoms with E-state index in [4.69, 9.17) is 9.53 Å². The Balaban J connectivity index is 0.000000497. The van der Waals surface area contributed by atoms with Crippen molar-refractivity contribution in [1.29, 1.82) is 0 Å². The van der Waals surface area contributed by atoms with Gasteiger partial charge in [0.05, 0.1) is 12.7 Å². The van der Waals surface area contributed by atoms with E-state index in [2.05, 4.69) is 41.8 Å². The number of rotatable bonds is 4. The number of carbonyl (C=O) groups is 1. The Hall–Kier alpha value is -1.45. The summed E-state index contributed by atoms with van der Waals surface area (Å²) in [5.74, 6) is 0. The van der Waals surface area contributed by atoms with Crippen LogP contribution in [0.5, 0.6) is 0 Å². The molecular weight excluding hydrogens is 280 g/mol. The third-order valence-corrected chi connectivity index (χ3v) is 4.47. The third-order valence-electron chi connectivity index (χ3n) is 3.55. The molecule has 3 rings (SSSR count). The lowest BCUT2D eigenvalue weighted by molar-refractivity contribution is -0.106. The van der Waals surface area contributed by atoms with Gasteiger partial charge in [-0.15, -0.1) is 11.3 Å². The van der Waals surface area contributed by atoms with Gasteiger partial charge in [-0.1, -0.05) is 43.2 Å². The Morgan fingerprint density at radius 2 is 1.86 bits per heavy atom. The summed E-state index contributed by atoms with van der Waals surface area (Å²) in [5.41, 5.74) is 2.58. The molecule has 0 spiro atoms. The summed E-state index contributed by atoms with van der Waals surface area (Å²) in [6.07, 6.45) is 6.41. The van der Waals surface area contributed by atoms with Crippen molar-refractivity contribution >= 4 is 17.6 Å². The van der Waals surface area contributed by atoms with Gasteiger partial charge in [0.25, 0.3) is 0 Å². The summed E-state index contributed by atoms with van der Waals surface area (Å²) in [6.45, 7) is 2.20. The smallest absolute Gasteiger partial charge is 0.116 e. The van der Waals surface area contributed by atoms with Crippen molar-refractivity contribution in [1.82, 2.24) is 0 Å². The van der Waals surface area contributed by atoms with Gasteiger partial charge in [-0.3, -0.25) is 0 Å². The standard InChI is InChI=1S/C16H18OS.C2H4O/c1-2-5-15(4-1)17-12-13-7-9-14(10-8-13)16-6-3-11-18-16;1-2-3/h3,6-11,15H,1-2,4-5,12H2;2H,1H3. The molecule has 2 aromatic rings. The second kappa shape index (κ2) is 8.75. The molecule has 1 aliphatic carbocycles. The fourth-order valence-electron chi connectivity index (χ4n) is 2.48. The van der Waals surface area contributed by atoms with E-state index < -0.39 is 0 Å². The predicted octanol–water partition coefficient (Wildman–Crippen LogP) is 5.08. The molecule has 2 nitrogen and oxygen atoms in total. The maximum absolute atomic E-state index is 8.81. The highest BCUT2D eigenvalue weighted by Gasteiger charge is 2.14. The van der Waals surface area contributed by atoms with E-state index in [1.54, 1.807) is 11.3 Å². The second-order valence-corrected chi connectivity index (χ2v) is 6.08. The molecule has 0 bridgehead atoms. The first-order chi connectivity index (χ1) is 10.3. The molecule has 0 amide bonds. The van der Waals surface area contributed by atoms with Crippen LogP contribution in [0.15, 0.2) is 41.8 Å². The molecule has 0 saturated heterocycles. The van der Waals surface area contributed by atoms with Crippen molar-refractivity contribution < 1.29 is 9.53 Å². The zero-order chi connectivity index (χ0) is 14.9. The quantitative estimate of drug-likeness (QED) is 0.736. The van der Waals surface area contributed by atoms with Gasteiger partial charge in [0.15, 0.2) is 0 Å². The van der Waals surface area contributed by atoms with Crippen molar-refractivity contribution in [3.63, 3.8) is 0 Å². The average Bonchev–Trinajstić information content (AvgIpc) is 3.20. The van der Waals surface area contributed by atoms with Crippen molar-refractivity contribution in [2.45, 2.75) is 45.3 Å². The lowest BCUT2D eigenvalue weighted by Crippen LogP contribution is -2.06. The van der Waals surface area contributed by atoms with E-state index in [9.17, 15) is 0 Å². The molecule has 1 aromatic heterocycles. The summed E-state index contributed by atoms with van der Waals surface area (Å²) >= 11 is 1.78. The SMILES string of the molecule is CC=O.c1csc(-c2ccc(COC3CCCC3)cc2)c1. The minimum Gasteiger partial charge on any atom is -0.374 e.